The van der Waals surface area contributed by atoms with E-state index in [0.717, 1.165) is 11.5 Å². The molecule has 0 bridgehead atoms. The van der Waals surface area contributed by atoms with Gasteiger partial charge in [0.25, 0.3) is 5.91 Å². The first kappa shape index (κ1) is 8.13. The van der Waals surface area contributed by atoms with Crippen LogP contribution in [0.25, 0.3) is 0 Å². The number of rotatable bonds is 2. The number of carbonyl (C=O) groups excluding carboxylic acids is 1. The van der Waals surface area contributed by atoms with Gasteiger partial charge in [-0.2, -0.15) is 4.37 Å². The van der Waals surface area contributed by atoms with Gasteiger partial charge in [0, 0.05) is 6.54 Å². The minimum Gasteiger partial charge on any atom is -0.350 e. The van der Waals surface area contributed by atoms with Crippen LogP contribution >= 0.6 is 11.5 Å². The molecular formula is C6H9N3OS. The molecule has 0 aromatic carbocycles. The molecule has 0 unspecified atom stereocenters. The van der Waals surface area contributed by atoms with Gasteiger partial charge in [0.2, 0.25) is 5.01 Å². The van der Waals surface area contributed by atoms with E-state index in [9.17, 15) is 4.79 Å². The van der Waals surface area contributed by atoms with Gasteiger partial charge in [-0.05, 0) is 25.4 Å². The Kier molecular flexibility index (Phi) is 2.53. The highest BCUT2D eigenvalue weighted by Crippen LogP contribution is 2.02. The van der Waals surface area contributed by atoms with Crippen LogP contribution in [0.5, 0.6) is 0 Å². The second kappa shape index (κ2) is 3.43. The van der Waals surface area contributed by atoms with Crippen LogP contribution in [-0.4, -0.2) is 21.8 Å². The second-order valence-corrected chi connectivity index (χ2v) is 2.76. The van der Waals surface area contributed by atoms with Gasteiger partial charge in [0.15, 0.2) is 0 Å². The standard InChI is InChI=1S/C6H9N3OS/c1-3-7-5(10)6-8-4(2)9-11-6/h3H2,1-2H3,(H,7,10). The quantitative estimate of drug-likeness (QED) is 0.708. The van der Waals surface area contributed by atoms with E-state index in [0.29, 0.717) is 17.4 Å². The minimum absolute atomic E-state index is 0.141. The molecule has 0 aliphatic heterocycles. The summed E-state index contributed by atoms with van der Waals surface area (Å²) in [6.07, 6.45) is 0. The van der Waals surface area contributed by atoms with E-state index in [2.05, 4.69) is 14.7 Å². The smallest absolute Gasteiger partial charge is 0.281 e. The van der Waals surface area contributed by atoms with Crippen molar-refractivity contribution in [3.63, 3.8) is 0 Å². The zero-order valence-corrected chi connectivity index (χ0v) is 7.23. The van der Waals surface area contributed by atoms with E-state index >= 15 is 0 Å². The summed E-state index contributed by atoms with van der Waals surface area (Å²) in [5.41, 5.74) is 0. The number of nitrogens with one attached hydrogen (secondary N) is 1. The van der Waals surface area contributed by atoms with E-state index in [1.165, 1.54) is 0 Å². The molecule has 0 spiro atoms. The largest absolute Gasteiger partial charge is 0.350 e. The molecule has 60 valence electrons. The van der Waals surface area contributed by atoms with Crippen molar-refractivity contribution in [1.29, 1.82) is 0 Å². The van der Waals surface area contributed by atoms with Crippen LogP contribution in [-0.2, 0) is 0 Å². The van der Waals surface area contributed by atoms with Gasteiger partial charge in [-0.1, -0.05) is 0 Å². The van der Waals surface area contributed by atoms with Crippen LogP contribution in [0.4, 0.5) is 0 Å². The third-order valence-corrected chi connectivity index (χ3v) is 1.86. The summed E-state index contributed by atoms with van der Waals surface area (Å²) in [7, 11) is 0. The Balaban J connectivity index is 2.69. The van der Waals surface area contributed by atoms with Crippen molar-refractivity contribution in [2.75, 3.05) is 6.54 Å². The fourth-order valence-electron chi connectivity index (χ4n) is 0.625. The topological polar surface area (TPSA) is 54.9 Å². The number of amides is 1. The number of nitrogens with zero attached hydrogens (tertiary/aromatic N) is 2. The summed E-state index contributed by atoms with van der Waals surface area (Å²) in [5.74, 6) is 0.509. The third kappa shape index (κ3) is 1.98. The van der Waals surface area contributed by atoms with Gasteiger partial charge < -0.3 is 5.32 Å². The first-order valence-corrected chi connectivity index (χ1v) is 4.10. The lowest BCUT2D eigenvalue weighted by Crippen LogP contribution is -2.22. The number of carbonyl (C=O) groups is 1. The summed E-state index contributed by atoms with van der Waals surface area (Å²) < 4.78 is 3.89. The number of aromatic nitrogens is 2. The molecule has 0 saturated heterocycles. The maximum Gasteiger partial charge on any atom is 0.281 e. The maximum absolute atomic E-state index is 11.1. The Morgan fingerprint density at radius 2 is 2.45 bits per heavy atom. The Hall–Kier alpha value is -0.970. The van der Waals surface area contributed by atoms with Crippen LogP contribution in [0.2, 0.25) is 0 Å². The highest BCUT2D eigenvalue weighted by molar-refractivity contribution is 7.07. The molecule has 1 amide bonds. The van der Waals surface area contributed by atoms with E-state index in [4.69, 9.17) is 0 Å². The normalized spacial score (nSPS) is 9.64. The van der Waals surface area contributed by atoms with Crippen molar-refractivity contribution in [3.8, 4) is 0 Å². The molecule has 0 aliphatic rings. The third-order valence-electron chi connectivity index (χ3n) is 1.06. The first-order valence-electron chi connectivity index (χ1n) is 3.32. The number of aryl methyl sites for hydroxylation is 1. The predicted octanol–water partition coefficient (Wildman–Crippen LogP) is 0.596. The monoisotopic (exact) mass is 171 g/mol. The van der Waals surface area contributed by atoms with E-state index in [1.807, 2.05) is 6.92 Å². The Labute approximate surface area is 68.8 Å². The molecule has 1 aromatic rings. The van der Waals surface area contributed by atoms with Crippen molar-refractivity contribution in [3.05, 3.63) is 10.8 Å². The van der Waals surface area contributed by atoms with E-state index in [-0.39, 0.29) is 5.91 Å². The minimum atomic E-state index is -0.141. The van der Waals surface area contributed by atoms with Gasteiger partial charge in [0.1, 0.15) is 5.82 Å². The summed E-state index contributed by atoms with van der Waals surface area (Å²) in [6.45, 7) is 4.25. The van der Waals surface area contributed by atoms with Crippen LogP contribution in [0.15, 0.2) is 0 Å². The van der Waals surface area contributed by atoms with Crippen molar-refractivity contribution in [1.82, 2.24) is 14.7 Å². The molecular weight excluding hydrogens is 162 g/mol. The molecule has 1 heterocycles. The lowest BCUT2D eigenvalue weighted by molar-refractivity contribution is 0.0955. The SMILES string of the molecule is CCNC(=O)c1nc(C)ns1. The Morgan fingerprint density at radius 1 is 1.73 bits per heavy atom. The Morgan fingerprint density at radius 3 is 2.91 bits per heavy atom. The van der Waals surface area contributed by atoms with Gasteiger partial charge in [-0.3, -0.25) is 4.79 Å². The van der Waals surface area contributed by atoms with Gasteiger partial charge in [-0.25, -0.2) is 4.98 Å². The zero-order valence-electron chi connectivity index (χ0n) is 6.42. The first-order chi connectivity index (χ1) is 5.24. The van der Waals surface area contributed by atoms with Crippen LogP contribution in [0.1, 0.15) is 22.6 Å². The second-order valence-electron chi connectivity index (χ2n) is 2.01. The summed E-state index contributed by atoms with van der Waals surface area (Å²) in [6, 6.07) is 0. The molecule has 5 heteroatoms. The molecule has 4 nitrogen and oxygen atoms in total. The fourth-order valence-corrected chi connectivity index (χ4v) is 1.21. The van der Waals surface area contributed by atoms with Crippen LogP contribution in [0.3, 0.4) is 0 Å². The lowest BCUT2D eigenvalue weighted by Gasteiger charge is -1.94. The van der Waals surface area contributed by atoms with Crippen LogP contribution < -0.4 is 5.32 Å². The molecule has 1 aromatic heterocycles. The van der Waals surface area contributed by atoms with Gasteiger partial charge >= 0.3 is 0 Å². The van der Waals surface area contributed by atoms with Gasteiger partial charge in [0.05, 0.1) is 0 Å². The predicted molar refractivity (Wildman–Crippen MR) is 42.7 cm³/mol. The van der Waals surface area contributed by atoms with E-state index < -0.39 is 0 Å². The highest BCUT2D eigenvalue weighted by atomic mass is 32.1. The molecule has 11 heavy (non-hydrogen) atoms. The fraction of sp³-hybridized carbons (Fsp3) is 0.500. The molecule has 0 atom stereocenters. The van der Waals surface area contributed by atoms with Crippen molar-refractivity contribution in [2.45, 2.75) is 13.8 Å². The lowest BCUT2D eigenvalue weighted by atomic mass is 10.6. The molecule has 0 saturated carbocycles. The van der Waals surface area contributed by atoms with Crippen molar-refractivity contribution >= 4 is 17.4 Å². The highest BCUT2D eigenvalue weighted by Gasteiger charge is 2.08. The maximum atomic E-state index is 11.1. The Bertz CT molecular complexity index is 258. The number of hydrogen-bond acceptors (Lipinski definition) is 4. The van der Waals surface area contributed by atoms with E-state index in [1.54, 1.807) is 6.92 Å². The van der Waals surface area contributed by atoms with Crippen molar-refractivity contribution in [2.24, 2.45) is 0 Å². The molecule has 0 fully saturated rings. The van der Waals surface area contributed by atoms with Gasteiger partial charge in [-0.15, -0.1) is 0 Å². The average Bonchev–Trinajstić information content (AvgIpc) is 2.36. The average molecular weight is 171 g/mol. The molecule has 1 rings (SSSR count). The summed E-state index contributed by atoms with van der Waals surface area (Å²) >= 11 is 1.12. The number of hydrogen-bond donors (Lipinski definition) is 1. The summed E-state index contributed by atoms with van der Waals surface area (Å²) in [5, 5.41) is 3.08. The molecule has 0 radical (unpaired) electrons. The van der Waals surface area contributed by atoms with Crippen LogP contribution in [0, 0.1) is 6.92 Å². The summed E-state index contributed by atoms with van der Waals surface area (Å²) in [4.78, 5) is 15.0. The molecule has 1 N–H and O–H groups in total. The zero-order chi connectivity index (χ0) is 8.27. The molecule has 0 aliphatic carbocycles. The van der Waals surface area contributed by atoms with Crippen molar-refractivity contribution < 1.29 is 4.79 Å².